The van der Waals surface area contributed by atoms with E-state index < -0.39 is 11.5 Å². The minimum absolute atomic E-state index is 0.530. The molecular weight excluding hydrogens is 330 g/mol. The monoisotopic (exact) mass is 347 g/mol. The van der Waals surface area contributed by atoms with Gasteiger partial charge in [-0.2, -0.15) is 0 Å². The molecule has 1 atom stereocenters. The van der Waals surface area contributed by atoms with Crippen molar-refractivity contribution in [2.45, 2.75) is 45.1 Å². The highest BCUT2D eigenvalue weighted by atomic mass is 79.9. The Morgan fingerprint density at radius 3 is 2.63 bits per heavy atom. The number of halogens is 2. The summed E-state index contributed by atoms with van der Waals surface area (Å²) in [5.41, 5.74) is -0.153. The van der Waals surface area contributed by atoms with Crippen molar-refractivity contribution in [2.75, 3.05) is 5.32 Å². The summed E-state index contributed by atoms with van der Waals surface area (Å²) >= 11 is 9.29. The summed E-state index contributed by atoms with van der Waals surface area (Å²) in [6.45, 7) is 3.95. The number of benzene rings is 1. The highest BCUT2D eigenvalue weighted by molar-refractivity contribution is 9.10. The second kappa shape index (κ2) is 7.15. The van der Waals surface area contributed by atoms with Crippen molar-refractivity contribution in [1.29, 1.82) is 0 Å². The number of unbranched alkanes of at least 4 members (excludes halogenated alkanes) is 1. The van der Waals surface area contributed by atoms with Crippen LogP contribution in [0.5, 0.6) is 0 Å². The highest BCUT2D eigenvalue weighted by Crippen LogP contribution is 2.30. The molecule has 0 aliphatic heterocycles. The average molecular weight is 349 g/mol. The van der Waals surface area contributed by atoms with Crippen LogP contribution in [0.1, 0.15) is 39.5 Å². The topological polar surface area (TPSA) is 49.3 Å². The van der Waals surface area contributed by atoms with Gasteiger partial charge in [-0.1, -0.05) is 38.3 Å². The minimum atomic E-state index is -0.913. The summed E-state index contributed by atoms with van der Waals surface area (Å²) < 4.78 is 0.755. The fourth-order valence-electron chi connectivity index (χ4n) is 1.97. The van der Waals surface area contributed by atoms with Crippen LogP contribution in [0, 0.1) is 0 Å². The molecule has 0 aliphatic carbocycles. The van der Waals surface area contributed by atoms with Gasteiger partial charge in [-0.15, -0.1) is 0 Å². The van der Waals surface area contributed by atoms with E-state index in [0.29, 0.717) is 17.9 Å². The van der Waals surface area contributed by atoms with Gasteiger partial charge >= 0.3 is 5.97 Å². The molecule has 0 amide bonds. The maximum absolute atomic E-state index is 11.6. The van der Waals surface area contributed by atoms with Crippen molar-refractivity contribution in [1.82, 2.24) is 0 Å². The van der Waals surface area contributed by atoms with Gasteiger partial charge in [0.05, 0.1) is 5.02 Å². The first-order valence-electron chi connectivity index (χ1n) is 6.42. The third-order valence-corrected chi connectivity index (χ3v) is 4.49. The molecule has 0 fully saturated rings. The molecule has 0 aliphatic rings. The molecule has 0 spiro atoms. The van der Waals surface area contributed by atoms with Crippen molar-refractivity contribution >= 4 is 39.2 Å². The number of carboxylic acids is 1. The summed E-state index contributed by atoms with van der Waals surface area (Å²) in [5.74, 6) is -0.811. The number of anilines is 1. The van der Waals surface area contributed by atoms with Gasteiger partial charge in [-0.3, -0.25) is 0 Å². The van der Waals surface area contributed by atoms with Gasteiger partial charge in [0.25, 0.3) is 0 Å². The maximum atomic E-state index is 11.6. The largest absolute Gasteiger partial charge is 0.480 e. The van der Waals surface area contributed by atoms with Crippen LogP contribution in [0.3, 0.4) is 0 Å². The Morgan fingerprint density at radius 1 is 1.47 bits per heavy atom. The van der Waals surface area contributed by atoms with Crippen molar-refractivity contribution in [3.63, 3.8) is 0 Å². The van der Waals surface area contributed by atoms with Gasteiger partial charge < -0.3 is 10.4 Å². The van der Waals surface area contributed by atoms with Gasteiger partial charge in [0.1, 0.15) is 5.54 Å². The van der Waals surface area contributed by atoms with Crippen LogP contribution in [0.4, 0.5) is 5.69 Å². The van der Waals surface area contributed by atoms with Gasteiger partial charge in [-0.25, -0.2) is 4.79 Å². The summed E-state index contributed by atoms with van der Waals surface area (Å²) in [6.07, 6.45) is 2.99. The van der Waals surface area contributed by atoms with E-state index in [1.54, 1.807) is 12.1 Å². The first-order valence-corrected chi connectivity index (χ1v) is 7.59. The van der Waals surface area contributed by atoms with E-state index in [2.05, 4.69) is 28.2 Å². The Hall–Kier alpha value is -0.740. The van der Waals surface area contributed by atoms with Crippen LogP contribution >= 0.6 is 27.5 Å². The molecule has 0 radical (unpaired) electrons. The molecule has 0 saturated heterocycles. The van der Waals surface area contributed by atoms with Crippen molar-refractivity contribution in [3.8, 4) is 0 Å². The molecule has 3 nitrogen and oxygen atoms in total. The SMILES string of the molecule is CCCCC(CC)(Nc1ccc(Cl)c(Br)c1)C(=O)O. The Balaban J connectivity index is 2.98. The third-order valence-electron chi connectivity index (χ3n) is 3.27. The Bertz CT molecular complexity index is 453. The van der Waals surface area contributed by atoms with Crippen LogP contribution in [0.15, 0.2) is 22.7 Å². The quantitative estimate of drug-likeness (QED) is 0.734. The lowest BCUT2D eigenvalue weighted by Crippen LogP contribution is -2.45. The molecule has 106 valence electrons. The smallest absolute Gasteiger partial charge is 0.329 e. The minimum Gasteiger partial charge on any atom is -0.480 e. The molecule has 5 heteroatoms. The van der Waals surface area contributed by atoms with E-state index in [-0.39, 0.29) is 0 Å². The zero-order valence-corrected chi connectivity index (χ0v) is 13.5. The summed E-state index contributed by atoms with van der Waals surface area (Å²) in [5, 5.41) is 13.3. The highest BCUT2D eigenvalue weighted by Gasteiger charge is 2.35. The number of hydrogen-bond donors (Lipinski definition) is 2. The fourth-order valence-corrected chi connectivity index (χ4v) is 2.46. The van der Waals surface area contributed by atoms with Gasteiger partial charge in [0.2, 0.25) is 0 Å². The predicted molar refractivity (Wildman–Crippen MR) is 83.0 cm³/mol. The van der Waals surface area contributed by atoms with E-state index in [1.807, 2.05) is 13.0 Å². The predicted octanol–water partition coefficient (Wildman–Crippen LogP) is 4.94. The van der Waals surface area contributed by atoms with E-state index in [9.17, 15) is 9.90 Å². The first-order chi connectivity index (χ1) is 8.95. The lowest BCUT2D eigenvalue weighted by molar-refractivity contribution is -0.142. The number of nitrogens with one attached hydrogen (secondary N) is 1. The standard InChI is InChI=1S/C14H19BrClNO2/c1-3-5-8-14(4-2,13(18)19)17-10-6-7-12(16)11(15)9-10/h6-7,9,17H,3-5,8H2,1-2H3,(H,18,19). The van der Waals surface area contributed by atoms with Crippen LogP contribution in [-0.2, 0) is 4.79 Å². The molecule has 1 rings (SSSR count). The van der Waals surface area contributed by atoms with E-state index >= 15 is 0 Å². The number of carbonyl (C=O) groups is 1. The zero-order valence-electron chi connectivity index (χ0n) is 11.2. The van der Waals surface area contributed by atoms with Crippen LogP contribution in [0.2, 0.25) is 5.02 Å². The molecule has 2 N–H and O–H groups in total. The summed E-state index contributed by atoms with van der Waals surface area (Å²) in [4.78, 5) is 11.6. The molecule has 0 saturated carbocycles. The zero-order chi connectivity index (χ0) is 14.5. The maximum Gasteiger partial charge on any atom is 0.329 e. The molecule has 19 heavy (non-hydrogen) atoms. The Kier molecular flexibility index (Phi) is 6.14. The van der Waals surface area contributed by atoms with E-state index in [0.717, 1.165) is 23.0 Å². The van der Waals surface area contributed by atoms with Crippen molar-refractivity contribution in [3.05, 3.63) is 27.7 Å². The Labute approximate surface area is 127 Å². The number of rotatable bonds is 7. The summed E-state index contributed by atoms with van der Waals surface area (Å²) in [7, 11) is 0. The Morgan fingerprint density at radius 2 is 2.16 bits per heavy atom. The number of aliphatic carboxylic acids is 1. The normalized spacial score (nSPS) is 13.9. The summed E-state index contributed by atoms with van der Waals surface area (Å²) in [6, 6.07) is 5.35. The van der Waals surface area contributed by atoms with E-state index in [4.69, 9.17) is 11.6 Å². The van der Waals surface area contributed by atoms with Crippen LogP contribution in [-0.4, -0.2) is 16.6 Å². The molecule has 1 aromatic carbocycles. The van der Waals surface area contributed by atoms with Crippen molar-refractivity contribution < 1.29 is 9.90 Å². The molecule has 1 aromatic rings. The lowest BCUT2D eigenvalue weighted by atomic mass is 9.89. The van der Waals surface area contributed by atoms with Gasteiger partial charge in [0, 0.05) is 10.2 Å². The second-order valence-corrected chi connectivity index (χ2v) is 5.86. The van der Waals surface area contributed by atoms with Gasteiger partial charge in [0.15, 0.2) is 0 Å². The second-order valence-electron chi connectivity index (χ2n) is 4.60. The van der Waals surface area contributed by atoms with Crippen LogP contribution in [0.25, 0.3) is 0 Å². The lowest BCUT2D eigenvalue weighted by Gasteiger charge is -2.30. The number of hydrogen-bond acceptors (Lipinski definition) is 2. The average Bonchev–Trinajstić information content (AvgIpc) is 2.38. The third kappa shape index (κ3) is 4.11. The van der Waals surface area contributed by atoms with E-state index in [1.165, 1.54) is 0 Å². The molecule has 0 heterocycles. The molecule has 1 unspecified atom stereocenters. The first kappa shape index (κ1) is 16.3. The van der Waals surface area contributed by atoms with Crippen LogP contribution < -0.4 is 5.32 Å². The molecule has 0 aromatic heterocycles. The fraction of sp³-hybridized carbons (Fsp3) is 0.500. The number of carboxylic acid groups (broad SMARTS) is 1. The van der Waals surface area contributed by atoms with Gasteiger partial charge in [-0.05, 0) is 47.0 Å². The van der Waals surface area contributed by atoms with Crippen molar-refractivity contribution in [2.24, 2.45) is 0 Å². The molecular formula is C14H19BrClNO2. The molecule has 0 bridgehead atoms.